The van der Waals surface area contributed by atoms with E-state index in [-0.39, 0.29) is 17.5 Å². The highest BCUT2D eigenvalue weighted by molar-refractivity contribution is 5.94. The van der Waals surface area contributed by atoms with Gasteiger partial charge < -0.3 is 14.3 Å². The molecule has 0 aliphatic carbocycles. The Kier molecular flexibility index (Phi) is 3.55. The lowest BCUT2D eigenvalue weighted by molar-refractivity contribution is 0.0725. The van der Waals surface area contributed by atoms with E-state index in [9.17, 15) is 9.59 Å². The first kappa shape index (κ1) is 14.1. The van der Waals surface area contributed by atoms with Crippen LogP contribution in [0.5, 0.6) is 0 Å². The highest BCUT2D eigenvalue weighted by Crippen LogP contribution is 2.27. The summed E-state index contributed by atoms with van der Waals surface area (Å²) in [5.74, 6) is 0.346. The van der Waals surface area contributed by atoms with E-state index in [1.807, 2.05) is 37.3 Å². The lowest BCUT2D eigenvalue weighted by Crippen LogP contribution is -2.33. The summed E-state index contributed by atoms with van der Waals surface area (Å²) in [7, 11) is 1.66. The second-order valence-electron chi connectivity index (χ2n) is 5.19. The summed E-state index contributed by atoms with van der Waals surface area (Å²) < 4.78 is 5.79. The number of carbonyl (C=O) groups excluding carboxylic acids is 1. The Hall–Kier alpha value is -2.82. The van der Waals surface area contributed by atoms with E-state index >= 15 is 0 Å². The Balaban J connectivity index is 1.91. The van der Waals surface area contributed by atoms with Crippen LogP contribution in [0.25, 0.3) is 11.0 Å². The van der Waals surface area contributed by atoms with Crippen LogP contribution < -0.4 is 5.56 Å². The highest BCUT2D eigenvalue weighted by atomic mass is 16.3. The molecule has 0 unspecified atom stereocenters. The number of nitrogens with one attached hydrogen (secondary N) is 1. The number of aromatic amines is 1. The van der Waals surface area contributed by atoms with E-state index in [0.717, 1.165) is 11.0 Å². The normalized spacial score (nSPS) is 12.3. The first-order valence-corrected chi connectivity index (χ1v) is 7.01. The lowest BCUT2D eigenvalue weighted by atomic mass is 10.1. The molecule has 1 amide bonds. The SMILES string of the molecule is C[C@@H](c1cc2ccccc2o1)N(C)C(=O)c1ccc[nH]c1=O. The molecule has 5 nitrogen and oxygen atoms in total. The summed E-state index contributed by atoms with van der Waals surface area (Å²) in [5.41, 5.74) is 0.506. The molecule has 3 aromatic rings. The van der Waals surface area contributed by atoms with Crippen LogP contribution in [-0.4, -0.2) is 22.8 Å². The third-order valence-corrected chi connectivity index (χ3v) is 3.81. The smallest absolute Gasteiger partial charge is 0.260 e. The second kappa shape index (κ2) is 5.52. The number of fused-ring (bicyclic) bond motifs is 1. The van der Waals surface area contributed by atoms with E-state index in [0.29, 0.717) is 5.76 Å². The van der Waals surface area contributed by atoms with Crippen LogP contribution in [0.3, 0.4) is 0 Å². The van der Waals surface area contributed by atoms with Crippen LogP contribution in [0.15, 0.2) is 57.9 Å². The molecule has 0 saturated carbocycles. The fourth-order valence-corrected chi connectivity index (χ4v) is 2.36. The van der Waals surface area contributed by atoms with Gasteiger partial charge in [0.15, 0.2) is 0 Å². The van der Waals surface area contributed by atoms with Gasteiger partial charge in [-0.05, 0) is 31.2 Å². The fourth-order valence-electron chi connectivity index (χ4n) is 2.36. The maximum atomic E-state index is 12.5. The van der Waals surface area contributed by atoms with E-state index < -0.39 is 5.56 Å². The quantitative estimate of drug-likeness (QED) is 0.808. The van der Waals surface area contributed by atoms with Gasteiger partial charge >= 0.3 is 0 Å². The topological polar surface area (TPSA) is 66.3 Å². The van der Waals surface area contributed by atoms with Gasteiger partial charge in [0.1, 0.15) is 16.9 Å². The molecule has 2 heterocycles. The summed E-state index contributed by atoms with van der Waals surface area (Å²) in [6, 6.07) is 12.5. The van der Waals surface area contributed by atoms with Crippen LogP contribution in [0.2, 0.25) is 0 Å². The standard InChI is InChI=1S/C17H16N2O3/c1-11(15-10-12-6-3-4-8-14(12)22-15)19(2)17(21)13-7-5-9-18-16(13)20/h3-11H,1-2H3,(H,18,20)/t11-/m0/s1. The van der Waals surface area contributed by atoms with Crippen LogP contribution in [0.1, 0.15) is 29.1 Å². The molecule has 0 fully saturated rings. The number of nitrogens with zero attached hydrogens (tertiary/aromatic N) is 1. The minimum Gasteiger partial charge on any atom is -0.459 e. The molecule has 0 spiro atoms. The molecule has 0 saturated heterocycles. The number of rotatable bonds is 3. The Morgan fingerprint density at radius 3 is 2.73 bits per heavy atom. The van der Waals surface area contributed by atoms with E-state index in [2.05, 4.69) is 4.98 Å². The Morgan fingerprint density at radius 2 is 2.00 bits per heavy atom. The Bertz CT molecular complexity index is 845. The molecular formula is C17H16N2O3. The number of furan rings is 1. The van der Waals surface area contributed by atoms with Gasteiger partial charge in [0.25, 0.3) is 11.5 Å². The zero-order valence-corrected chi connectivity index (χ0v) is 12.4. The van der Waals surface area contributed by atoms with Crippen molar-refractivity contribution >= 4 is 16.9 Å². The third kappa shape index (κ3) is 2.41. The number of hydrogen-bond donors (Lipinski definition) is 1. The molecule has 0 bridgehead atoms. The first-order valence-electron chi connectivity index (χ1n) is 7.01. The number of para-hydroxylation sites is 1. The van der Waals surface area contributed by atoms with Crippen molar-refractivity contribution in [2.45, 2.75) is 13.0 Å². The minimum absolute atomic E-state index is 0.118. The van der Waals surface area contributed by atoms with Gasteiger partial charge in [0.05, 0.1) is 6.04 Å². The van der Waals surface area contributed by atoms with Crippen molar-refractivity contribution in [2.24, 2.45) is 0 Å². The van der Waals surface area contributed by atoms with Crippen LogP contribution in [0, 0.1) is 0 Å². The summed E-state index contributed by atoms with van der Waals surface area (Å²) in [5, 5.41) is 0.989. The average molecular weight is 296 g/mol. The van der Waals surface area contributed by atoms with Crippen molar-refractivity contribution < 1.29 is 9.21 Å². The molecule has 0 aliphatic heterocycles. The molecule has 0 aliphatic rings. The number of pyridine rings is 1. The van der Waals surface area contributed by atoms with Crippen LogP contribution >= 0.6 is 0 Å². The summed E-state index contributed by atoms with van der Waals surface area (Å²) in [4.78, 5) is 28.2. The van der Waals surface area contributed by atoms with Crippen molar-refractivity contribution in [3.8, 4) is 0 Å². The van der Waals surface area contributed by atoms with Crippen molar-refractivity contribution in [2.75, 3.05) is 7.05 Å². The van der Waals surface area contributed by atoms with Crippen LogP contribution in [-0.2, 0) is 0 Å². The van der Waals surface area contributed by atoms with Crippen molar-refractivity contribution in [3.05, 3.63) is 70.3 Å². The number of amides is 1. The monoisotopic (exact) mass is 296 g/mol. The first-order chi connectivity index (χ1) is 10.6. The van der Waals surface area contributed by atoms with Gasteiger partial charge in [-0.25, -0.2) is 0 Å². The lowest BCUT2D eigenvalue weighted by Gasteiger charge is -2.22. The molecule has 0 radical (unpaired) electrons. The van der Waals surface area contributed by atoms with Crippen LogP contribution in [0.4, 0.5) is 0 Å². The largest absolute Gasteiger partial charge is 0.459 e. The number of carbonyl (C=O) groups is 1. The zero-order valence-electron chi connectivity index (χ0n) is 12.4. The fraction of sp³-hybridized carbons (Fsp3) is 0.176. The molecule has 5 heteroatoms. The number of aromatic nitrogens is 1. The van der Waals surface area contributed by atoms with Gasteiger partial charge in [0.2, 0.25) is 0 Å². The van der Waals surface area contributed by atoms with Gasteiger partial charge in [-0.1, -0.05) is 18.2 Å². The molecule has 1 N–H and O–H groups in total. The molecule has 1 aromatic carbocycles. The Morgan fingerprint density at radius 1 is 1.23 bits per heavy atom. The highest BCUT2D eigenvalue weighted by Gasteiger charge is 2.23. The van der Waals surface area contributed by atoms with E-state index in [4.69, 9.17) is 4.42 Å². The number of benzene rings is 1. The molecule has 3 rings (SSSR count). The average Bonchev–Trinajstić information content (AvgIpc) is 2.97. The Labute approximate surface area is 127 Å². The van der Waals surface area contributed by atoms with Crippen molar-refractivity contribution in [1.29, 1.82) is 0 Å². The van der Waals surface area contributed by atoms with Crippen molar-refractivity contribution in [3.63, 3.8) is 0 Å². The maximum Gasteiger partial charge on any atom is 0.260 e. The van der Waals surface area contributed by atoms with E-state index in [1.165, 1.54) is 17.2 Å². The zero-order chi connectivity index (χ0) is 15.7. The van der Waals surface area contributed by atoms with Gasteiger partial charge in [-0.2, -0.15) is 0 Å². The predicted octanol–water partition coefficient (Wildman–Crippen LogP) is 2.95. The van der Waals surface area contributed by atoms with E-state index in [1.54, 1.807) is 13.1 Å². The second-order valence-corrected chi connectivity index (χ2v) is 5.19. The summed E-state index contributed by atoms with van der Waals surface area (Å²) in [6.07, 6.45) is 1.50. The molecule has 1 atom stereocenters. The molecular weight excluding hydrogens is 280 g/mol. The molecule has 112 valence electrons. The summed E-state index contributed by atoms with van der Waals surface area (Å²) in [6.45, 7) is 1.87. The third-order valence-electron chi connectivity index (χ3n) is 3.81. The number of H-pyrrole nitrogens is 1. The maximum absolute atomic E-state index is 12.5. The molecule has 22 heavy (non-hydrogen) atoms. The number of hydrogen-bond acceptors (Lipinski definition) is 3. The van der Waals surface area contributed by atoms with Gasteiger partial charge in [-0.3, -0.25) is 9.59 Å². The van der Waals surface area contributed by atoms with Gasteiger partial charge in [0, 0.05) is 18.6 Å². The summed E-state index contributed by atoms with van der Waals surface area (Å²) >= 11 is 0. The van der Waals surface area contributed by atoms with Crippen molar-refractivity contribution in [1.82, 2.24) is 9.88 Å². The van der Waals surface area contributed by atoms with Gasteiger partial charge in [-0.15, -0.1) is 0 Å². The molecule has 2 aromatic heterocycles. The minimum atomic E-state index is -0.392. The predicted molar refractivity (Wildman–Crippen MR) is 83.8 cm³/mol.